The maximum absolute atomic E-state index is 13.8. The average Bonchev–Trinajstić information content (AvgIpc) is 3.03. The second-order valence-electron chi connectivity index (χ2n) is 9.93. The van der Waals surface area contributed by atoms with E-state index in [1.165, 1.54) is 18.2 Å². The lowest BCUT2D eigenvalue weighted by molar-refractivity contribution is -0.124. The molecule has 0 spiro atoms. The van der Waals surface area contributed by atoms with Crippen LogP contribution in [0.15, 0.2) is 23.2 Å². The van der Waals surface area contributed by atoms with Crippen LogP contribution in [-0.4, -0.2) is 53.8 Å². The van der Waals surface area contributed by atoms with Gasteiger partial charge in [0, 0.05) is 18.7 Å². The topological polar surface area (TPSA) is 97.6 Å². The molecule has 1 saturated heterocycles. The number of carbonyl (C=O) groups excluding carboxylic acids is 2. The summed E-state index contributed by atoms with van der Waals surface area (Å²) in [5.74, 6) is -1.01. The van der Waals surface area contributed by atoms with Crippen molar-refractivity contribution in [3.63, 3.8) is 0 Å². The molecule has 1 aromatic carbocycles. The maximum atomic E-state index is 13.8. The minimum absolute atomic E-state index is 0.192. The van der Waals surface area contributed by atoms with Crippen LogP contribution in [0.4, 0.5) is 4.39 Å². The molecule has 3 rings (SSSR count). The van der Waals surface area contributed by atoms with Crippen LogP contribution in [0.1, 0.15) is 69.3 Å². The zero-order valence-electron chi connectivity index (χ0n) is 19.3. The number of amides is 2. The first-order chi connectivity index (χ1) is 15.1. The fraction of sp³-hybridized carbons (Fsp3) is 0.583. The lowest BCUT2D eigenvalue weighted by Gasteiger charge is -2.38. The van der Waals surface area contributed by atoms with E-state index in [-0.39, 0.29) is 23.1 Å². The molecule has 2 aliphatic rings. The summed E-state index contributed by atoms with van der Waals surface area (Å²) in [5, 5.41) is 15.5. The van der Waals surface area contributed by atoms with Crippen LogP contribution in [0.3, 0.4) is 0 Å². The van der Waals surface area contributed by atoms with Crippen molar-refractivity contribution in [2.45, 2.75) is 65.0 Å². The van der Waals surface area contributed by atoms with Gasteiger partial charge in [-0.05, 0) is 55.8 Å². The monoisotopic (exact) mass is 441 g/mol. The van der Waals surface area contributed by atoms with Gasteiger partial charge in [-0.25, -0.2) is 4.39 Å². The molecule has 2 aliphatic heterocycles. The molecular weight excluding hydrogens is 409 g/mol. The number of rotatable bonds is 6. The van der Waals surface area contributed by atoms with Crippen molar-refractivity contribution in [3.8, 4) is 6.07 Å². The number of hydrogen-bond acceptors (Lipinski definition) is 5. The van der Waals surface area contributed by atoms with Gasteiger partial charge in [-0.3, -0.25) is 14.6 Å². The van der Waals surface area contributed by atoms with Gasteiger partial charge >= 0.3 is 0 Å². The zero-order valence-corrected chi connectivity index (χ0v) is 19.3. The molecule has 2 N–H and O–H groups in total. The van der Waals surface area contributed by atoms with Crippen molar-refractivity contribution in [2.75, 3.05) is 19.6 Å². The number of carbonyl (C=O) groups is 2. The molecule has 0 saturated carbocycles. The first-order valence-corrected chi connectivity index (χ1v) is 11.2. The number of nitrogens with one attached hydrogen (secondary N) is 2. The van der Waals surface area contributed by atoms with Crippen molar-refractivity contribution in [2.24, 2.45) is 10.4 Å². The number of aliphatic imine (C=N–C) groups is 1. The quantitative estimate of drug-likeness (QED) is 0.709. The molecule has 2 amide bonds. The number of hydrogen-bond donors (Lipinski definition) is 2. The molecular formula is C24H32FN5O2. The lowest BCUT2D eigenvalue weighted by atomic mass is 9.85. The summed E-state index contributed by atoms with van der Waals surface area (Å²) in [5.41, 5.74) is -0.480. The van der Waals surface area contributed by atoms with Crippen LogP contribution < -0.4 is 10.6 Å². The Morgan fingerprint density at radius 2 is 2.03 bits per heavy atom. The largest absolute Gasteiger partial charge is 0.336 e. The van der Waals surface area contributed by atoms with E-state index >= 15 is 0 Å². The number of likely N-dealkylation sites (tertiary alicyclic amines) is 1. The molecule has 1 fully saturated rings. The van der Waals surface area contributed by atoms with E-state index in [0.29, 0.717) is 30.4 Å². The third-order valence-electron chi connectivity index (χ3n) is 5.93. The van der Waals surface area contributed by atoms with Gasteiger partial charge in [-0.1, -0.05) is 27.7 Å². The van der Waals surface area contributed by atoms with E-state index in [0.717, 1.165) is 26.1 Å². The molecule has 2 heterocycles. The number of amidine groups is 1. The van der Waals surface area contributed by atoms with Crippen molar-refractivity contribution < 1.29 is 14.0 Å². The van der Waals surface area contributed by atoms with E-state index in [1.807, 2.05) is 20.8 Å². The number of nitrogens with zero attached hydrogens (tertiary/aromatic N) is 3. The highest BCUT2D eigenvalue weighted by molar-refractivity contribution is 6.23. The van der Waals surface area contributed by atoms with E-state index < -0.39 is 17.4 Å². The summed E-state index contributed by atoms with van der Waals surface area (Å²) in [7, 11) is 0. The van der Waals surface area contributed by atoms with Crippen LogP contribution in [-0.2, 0) is 4.79 Å². The van der Waals surface area contributed by atoms with Gasteiger partial charge in [0.1, 0.15) is 23.2 Å². The van der Waals surface area contributed by atoms with Gasteiger partial charge in [0.25, 0.3) is 5.91 Å². The number of piperidine rings is 1. The molecule has 0 aromatic heterocycles. The Morgan fingerprint density at radius 1 is 1.34 bits per heavy atom. The normalized spacial score (nSPS) is 20.4. The molecule has 0 bridgehead atoms. The third-order valence-corrected chi connectivity index (χ3v) is 5.93. The van der Waals surface area contributed by atoms with Crippen LogP contribution >= 0.6 is 0 Å². The van der Waals surface area contributed by atoms with Gasteiger partial charge < -0.3 is 15.5 Å². The Balaban J connectivity index is 1.85. The van der Waals surface area contributed by atoms with Crippen LogP contribution in [0.5, 0.6) is 0 Å². The van der Waals surface area contributed by atoms with E-state index in [9.17, 15) is 19.2 Å². The average molecular weight is 442 g/mol. The molecule has 0 aliphatic carbocycles. The number of benzene rings is 1. The summed E-state index contributed by atoms with van der Waals surface area (Å²) in [4.78, 5) is 32.5. The molecule has 0 radical (unpaired) electrons. The van der Waals surface area contributed by atoms with Gasteiger partial charge in [0.05, 0.1) is 11.6 Å². The number of nitriles is 1. The van der Waals surface area contributed by atoms with E-state index in [2.05, 4.69) is 33.5 Å². The Labute approximate surface area is 189 Å². The van der Waals surface area contributed by atoms with Crippen molar-refractivity contribution >= 4 is 17.6 Å². The highest BCUT2D eigenvalue weighted by Crippen LogP contribution is 2.27. The summed E-state index contributed by atoms with van der Waals surface area (Å²) in [6.07, 6.45) is 2.56. The predicted molar refractivity (Wildman–Crippen MR) is 121 cm³/mol. The van der Waals surface area contributed by atoms with Gasteiger partial charge in [-0.15, -0.1) is 0 Å². The predicted octanol–water partition coefficient (Wildman–Crippen LogP) is 3.00. The smallest absolute Gasteiger partial charge is 0.257 e. The Bertz CT molecular complexity index is 952. The SMILES string of the molecule is CCCN1CCC(C#N)(NC(=O)C(CC(C)(C)C)N=C2NC(=O)c3ccc(F)cc32)CC1. The molecule has 1 atom stereocenters. The van der Waals surface area contributed by atoms with Gasteiger partial charge in [-0.2, -0.15) is 5.26 Å². The summed E-state index contributed by atoms with van der Waals surface area (Å²) in [6.45, 7) is 10.6. The van der Waals surface area contributed by atoms with Crippen LogP contribution in [0.2, 0.25) is 0 Å². The van der Waals surface area contributed by atoms with E-state index in [1.54, 1.807) is 0 Å². The summed E-state index contributed by atoms with van der Waals surface area (Å²) < 4.78 is 13.8. The summed E-state index contributed by atoms with van der Waals surface area (Å²) in [6, 6.07) is 5.39. The molecule has 8 heteroatoms. The molecule has 32 heavy (non-hydrogen) atoms. The molecule has 1 aromatic rings. The lowest BCUT2D eigenvalue weighted by Crippen LogP contribution is -2.56. The fourth-order valence-electron chi connectivity index (χ4n) is 4.25. The van der Waals surface area contributed by atoms with Crippen LogP contribution in [0.25, 0.3) is 0 Å². The Morgan fingerprint density at radius 3 is 2.62 bits per heavy atom. The van der Waals surface area contributed by atoms with Crippen molar-refractivity contribution in [1.29, 1.82) is 5.26 Å². The second-order valence-corrected chi connectivity index (χ2v) is 9.93. The highest BCUT2D eigenvalue weighted by atomic mass is 19.1. The first kappa shape index (κ1) is 23.9. The zero-order chi connectivity index (χ0) is 23.5. The van der Waals surface area contributed by atoms with Crippen LogP contribution in [0, 0.1) is 22.6 Å². The number of halogens is 1. The molecule has 1 unspecified atom stereocenters. The van der Waals surface area contributed by atoms with E-state index in [4.69, 9.17) is 0 Å². The van der Waals surface area contributed by atoms with Gasteiger partial charge in [0.15, 0.2) is 0 Å². The van der Waals surface area contributed by atoms with Crippen molar-refractivity contribution in [1.82, 2.24) is 15.5 Å². The second kappa shape index (κ2) is 9.37. The highest BCUT2D eigenvalue weighted by Gasteiger charge is 2.39. The minimum Gasteiger partial charge on any atom is -0.336 e. The van der Waals surface area contributed by atoms with Gasteiger partial charge in [0.2, 0.25) is 5.91 Å². The molecule has 172 valence electrons. The Hall–Kier alpha value is -2.79. The maximum Gasteiger partial charge on any atom is 0.257 e. The molecule has 7 nitrogen and oxygen atoms in total. The fourth-order valence-corrected chi connectivity index (χ4v) is 4.25. The van der Waals surface area contributed by atoms with Crippen molar-refractivity contribution in [3.05, 3.63) is 35.1 Å². The number of fused-ring (bicyclic) bond motifs is 1. The third kappa shape index (κ3) is 5.52. The Kier molecular flexibility index (Phi) is 6.99. The standard InChI is InChI=1S/C24H32FN5O2/c1-5-10-30-11-8-24(15-26,9-12-30)29-22(32)19(14-23(2,3)4)27-20-18-13-16(25)6-7-17(18)21(31)28-20/h6-7,13,19H,5,8-12,14H2,1-4H3,(H,29,32)(H,27,28,31). The summed E-state index contributed by atoms with van der Waals surface area (Å²) >= 11 is 0. The first-order valence-electron chi connectivity index (χ1n) is 11.2. The minimum atomic E-state index is -0.930.